The van der Waals surface area contributed by atoms with Crippen molar-refractivity contribution in [3.8, 4) is 5.75 Å². The average molecular weight is 351 g/mol. The van der Waals surface area contributed by atoms with Gasteiger partial charge >= 0.3 is 5.97 Å². The van der Waals surface area contributed by atoms with Crippen LogP contribution in [0.2, 0.25) is 0 Å². The summed E-state index contributed by atoms with van der Waals surface area (Å²) in [6.07, 6.45) is 0.908. The molecule has 2 aromatic carbocycles. The topological polar surface area (TPSA) is 76.0 Å². The molecule has 0 saturated carbocycles. The van der Waals surface area contributed by atoms with E-state index in [1.807, 2.05) is 32.0 Å². The van der Waals surface area contributed by atoms with Crippen LogP contribution in [0, 0.1) is 0 Å². The van der Waals surface area contributed by atoms with E-state index in [1.165, 1.54) is 12.1 Å². The predicted octanol–water partition coefficient (Wildman–Crippen LogP) is 3.79. The number of rotatable bonds is 5. The highest BCUT2D eigenvalue weighted by Gasteiger charge is 2.28. The van der Waals surface area contributed by atoms with E-state index >= 15 is 0 Å². The molecular weight excluding hydrogens is 330 g/mol. The number of Topliss-reactive ketones (excluding diaryl/α,β-unsaturated/α-hetero) is 1. The van der Waals surface area contributed by atoms with Crippen molar-refractivity contribution < 1.29 is 19.4 Å². The van der Waals surface area contributed by atoms with Gasteiger partial charge in [0.25, 0.3) is 0 Å². The molecule has 1 aliphatic rings. The monoisotopic (exact) mass is 351 g/mol. The number of fused-ring (bicyclic) bond motifs is 1. The standard InChI is InChI=1S/C21H21NO4/c1-21(2)12-15-7-8-16(26-3)10-17(15)18(22-21)11-19(23)13-5-4-6-14(9-13)20(24)25/h4-10H,11-12H2,1-3H3,(H,24,25). The SMILES string of the molecule is COc1ccc2c(c1)C(CC(=O)c1cccc(C(=O)O)c1)=NC(C)(C)C2. The van der Waals surface area contributed by atoms with E-state index in [1.54, 1.807) is 19.2 Å². The summed E-state index contributed by atoms with van der Waals surface area (Å²) in [5.74, 6) is -0.485. The minimum atomic E-state index is -1.05. The molecule has 0 saturated heterocycles. The molecule has 0 aromatic heterocycles. The van der Waals surface area contributed by atoms with Gasteiger partial charge in [-0.2, -0.15) is 0 Å². The van der Waals surface area contributed by atoms with Crippen molar-refractivity contribution in [2.75, 3.05) is 7.11 Å². The fourth-order valence-corrected chi connectivity index (χ4v) is 3.25. The van der Waals surface area contributed by atoms with Gasteiger partial charge in [0, 0.05) is 11.1 Å². The third-order valence-corrected chi connectivity index (χ3v) is 4.45. The Balaban J connectivity index is 1.95. The van der Waals surface area contributed by atoms with Gasteiger partial charge in [0.2, 0.25) is 0 Å². The van der Waals surface area contributed by atoms with Crippen molar-refractivity contribution in [1.82, 2.24) is 0 Å². The van der Waals surface area contributed by atoms with Crippen LogP contribution in [-0.4, -0.2) is 35.2 Å². The van der Waals surface area contributed by atoms with Crippen LogP contribution in [0.15, 0.2) is 47.5 Å². The lowest BCUT2D eigenvalue weighted by atomic mass is 9.85. The third-order valence-electron chi connectivity index (χ3n) is 4.45. The van der Waals surface area contributed by atoms with Crippen molar-refractivity contribution in [3.05, 3.63) is 64.7 Å². The number of carboxylic acid groups (broad SMARTS) is 1. The summed E-state index contributed by atoms with van der Waals surface area (Å²) in [6.45, 7) is 4.07. The maximum atomic E-state index is 12.8. The summed E-state index contributed by atoms with van der Waals surface area (Å²) >= 11 is 0. The first-order valence-electron chi connectivity index (χ1n) is 8.42. The molecule has 5 heteroatoms. The first-order valence-corrected chi connectivity index (χ1v) is 8.42. The molecule has 3 rings (SSSR count). The van der Waals surface area contributed by atoms with E-state index in [2.05, 4.69) is 0 Å². The van der Waals surface area contributed by atoms with Gasteiger partial charge in [-0.1, -0.05) is 18.2 Å². The van der Waals surface area contributed by atoms with Crippen molar-refractivity contribution in [3.63, 3.8) is 0 Å². The van der Waals surface area contributed by atoms with Crippen molar-refractivity contribution in [2.24, 2.45) is 4.99 Å². The molecular formula is C21H21NO4. The molecule has 0 aliphatic carbocycles. The van der Waals surface area contributed by atoms with E-state index < -0.39 is 5.97 Å². The highest BCUT2D eigenvalue weighted by molar-refractivity contribution is 6.17. The van der Waals surface area contributed by atoms with Crippen molar-refractivity contribution >= 4 is 17.5 Å². The van der Waals surface area contributed by atoms with Gasteiger partial charge in [-0.25, -0.2) is 4.79 Å². The number of aromatic carboxylic acids is 1. The molecule has 0 atom stereocenters. The molecule has 2 aromatic rings. The van der Waals surface area contributed by atoms with Gasteiger partial charge in [0.05, 0.1) is 30.3 Å². The summed E-state index contributed by atoms with van der Waals surface area (Å²) in [6, 6.07) is 11.9. The Morgan fingerprint density at radius 1 is 1.15 bits per heavy atom. The maximum absolute atomic E-state index is 12.8. The Morgan fingerprint density at radius 2 is 1.88 bits per heavy atom. The van der Waals surface area contributed by atoms with E-state index in [0.29, 0.717) is 11.3 Å². The first kappa shape index (κ1) is 17.9. The van der Waals surface area contributed by atoms with E-state index in [9.17, 15) is 9.59 Å². The van der Waals surface area contributed by atoms with E-state index in [-0.39, 0.29) is 23.3 Å². The van der Waals surface area contributed by atoms with Gasteiger partial charge in [-0.15, -0.1) is 0 Å². The molecule has 0 amide bonds. The summed E-state index contributed by atoms with van der Waals surface area (Å²) in [5.41, 5.74) is 2.95. The molecule has 0 unspecified atom stereocenters. The summed E-state index contributed by atoms with van der Waals surface area (Å²) in [4.78, 5) is 28.7. The smallest absolute Gasteiger partial charge is 0.335 e. The van der Waals surface area contributed by atoms with Gasteiger partial charge in [0.1, 0.15) is 5.75 Å². The maximum Gasteiger partial charge on any atom is 0.335 e. The number of ketones is 1. The Kier molecular flexibility index (Phi) is 4.64. The average Bonchev–Trinajstić information content (AvgIpc) is 2.60. The molecule has 0 spiro atoms. The van der Waals surface area contributed by atoms with Crippen molar-refractivity contribution in [2.45, 2.75) is 32.2 Å². The minimum absolute atomic E-state index is 0.101. The second-order valence-corrected chi connectivity index (χ2v) is 7.06. The van der Waals surface area contributed by atoms with Crippen LogP contribution < -0.4 is 4.74 Å². The fourth-order valence-electron chi connectivity index (χ4n) is 3.25. The number of hydrogen-bond donors (Lipinski definition) is 1. The number of hydrogen-bond acceptors (Lipinski definition) is 4. The number of carbonyl (C=O) groups excluding carboxylic acids is 1. The lowest BCUT2D eigenvalue weighted by molar-refractivity contribution is 0.0697. The van der Waals surface area contributed by atoms with Crippen LogP contribution in [0.25, 0.3) is 0 Å². The van der Waals surface area contributed by atoms with Crippen LogP contribution in [-0.2, 0) is 6.42 Å². The fraction of sp³-hybridized carbons (Fsp3) is 0.286. The van der Waals surface area contributed by atoms with Gasteiger partial charge < -0.3 is 9.84 Å². The Morgan fingerprint density at radius 3 is 2.58 bits per heavy atom. The highest BCUT2D eigenvalue weighted by Crippen LogP contribution is 2.31. The van der Waals surface area contributed by atoms with Crippen LogP contribution in [0.1, 0.15) is 52.1 Å². The number of methoxy groups -OCH3 is 1. The highest BCUT2D eigenvalue weighted by atomic mass is 16.5. The summed E-state index contributed by atoms with van der Waals surface area (Å²) < 4.78 is 5.31. The zero-order valence-corrected chi connectivity index (χ0v) is 15.1. The minimum Gasteiger partial charge on any atom is -0.497 e. The molecule has 1 N–H and O–H groups in total. The zero-order chi connectivity index (χ0) is 18.9. The van der Waals surface area contributed by atoms with Crippen LogP contribution in [0.3, 0.4) is 0 Å². The number of aliphatic imine (C=N–C) groups is 1. The molecule has 0 fully saturated rings. The Hall–Kier alpha value is -2.95. The molecule has 1 heterocycles. The quantitative estimate of drug-likeness (QED) is 0.832. The van der Waals surface area contributed by atoms with Crippen molar-refractivity contribution in [1.29, 1.82) is 0 Å². The number of nitrogens with zero attached hydrogens (tertiary/aromatic N) is 1. The molecule has 0 bridgehead atoms. The summed E-state index contributed by atoms with van der Waals surface area (Å²) in [5, 5.41) is 9.12. The molecule has 134 valence electrons. The number of ether oxygens (including phenoxy) is 1. The zero-order valence-electron chi connectivity index (χ0n) is 15.1. The normalized spacial score (nSPS) is 15.0. The Labute approximate surface area is 152 Å². The summed E-state index contributed by atoms with van der Waals surface area (Å²) in [7, 11) is 1.61. The van der Waals surface area contributed by atoms with Gasteiger partial charge in [-0.05, 0) is 50.1 Å². The molecule has 1 aliphatic heterocycles. The first-order chi connectivity index (χ1) is 12.3. The molecule has 0 radical (unpaired) electrons. The van der Waals surface area contributed by atoms with Crippen LogP contribution in [0.4, 0.5) is 0 Å². The largest absolute Gasteiger partial charge is 0.497 e. The van der Waals surface area contributed by atoms with Gasteiger partial charge in [0.15, 0.2) is 5.78 Å². The predicted molar refractivity (Wildman–Crippen MR) is 99.7 cm³/mol. The van der Waals surface area contributed by atoms with Gasteiger partial charge in [-0.3, -0.25) is 9.79 Å². The molecule has 5 nitrogen and oxygen atoms in total. The van der Waals surface area contributed by atoms with E-state index in [0.717, 1.165) is 23.3 Å². The van der Waals surface area contributed by atoms with Crippen LogP contribution in [0.5, 0.6) is 5.75 Å². The second-order valence-electron chi connectivity index (χ2n) is 7.06. The van der Waals surface area contributed by atoms with Crippen LogP contribution >= 0.6 is 0 Å². The number of benzene rings is 2. The number of carboxylic acids is 1. The van der Waals surface area contributed by atoms with E-state index in [4.69, 9.17) is 14.8 Å². The third kappa shape index (κ3) is 3.67. The Bertz CT molecular complexity index is 912. The lowest BCUT2D eigenvalue weighted by Gasteiger charge is -2.29. The lowest BCUT2D eigenvalue weighted by Crippen LogP contribution is -2.30. The second kappa shape index (κ2) is 6.75. The number of carbonyl (C=O) groups is 2. The molecule has 26 heavy (non-hydrogen) atoms.